The van der Waals surface area contributed by atoms with Crippen LogP contribution in [0.1, 0.15) is 58.8 Å². The highest BCUT2D eigenvalue weighted by Crippen LogP contribution is 2.30. The van der Waals surface area contributed by atoms with Gasteiger partial charge >= 0.3 is 0 Å². The Labute approximate surface area is 101 Å². The Morgan fingerprint density at radius 2 is 1.81 bits per heavy atom. The predicted octanol–water partition coefficient (Wildman–Crippen LogP) is 2.77. The summed E-state index contributed by atoms with van der Waals surface area (Å²) in [6.07, 6.45) is 9.32. The van der Waals surface area contributed by atoms with E-state index in [9.17, 15) is 0 Å². The fraction of sp³-hybridized carbons (Fsp3) is 1.00. The maximum absolute atomic E-state index is 6.56. The molecule has 1 aliphatic carbocycles. The van der Waals surface area contributed by atoms with E-state index in [-0.39, 0.29) is 5.54 Å². The van der Waals surface area contributed by atoms with Crippen LogP contribution in [0.5, 0.6) is 0 Å². The van der Waals surface area contributed by atoms with Crippen LogP contribution in [0.15, 0.2) is 0 Å². The van der Waals surface area contributed by atoms with Crippen molar-refractivity contribution >= 4 is 0 Å². The number of rotatable bonds is 2. The second-order valence-corrected chi connectivity index (χ2v) is 6.25. The number of nitrogens with two attached hydrogens (primary N) is 1. The minimum absolute atomic E-state index is 0.129. The van der Waals surface area contributed by atoms with Crippen LogP contribution in [0.3, 0.4) is 0 Å². The molecule has 0 aromatic rings. The van der Waals surface area contributed by atoms with Gasteiger partial charge in [-0.15, -0.1) is 0 Å². The van der Waals surface area contributed by atoms with Crippen molar-refractivity contribution in [3.8, 4) is 0 Å². The van der Waals surface area contributed by atoms with Gasteiger partial charge in [-0.25, -0.2) is 0 Å². The molecule has 2 unspecified atom stereocenters. The first kappa shape index (κ1) is 12.4. The van der Waals surface area contributed by atoms with Crippen LogP contribution in [-0.4, -0.2) is 29.6 Å². The zero-order valence-electron chi connectivity index (χ0n) is 11.0. The van der Waals surface area contributed by atoms with Crippen molar-refractivity contribution in [2.45, 2.75) is 70.4 Å². The van der Waals surface area contributed by atoms with Crippen LogP contribution in [0.25, 0.3) is 0 Å². The summed E-state index contributed by atoms with van der Waals surface area (Å²) in [4.78, 5) is 2.65. The third-order valence-corrected chi connectivity index (χ3v) is 4.87. The summed E-state index contributed by atoms with van der Waals surface area (Å²) in [6.45, 7) is 7.18. The van der Waals surface area contributed by atoms with E-state index in [1.165, 1.54) is 51.5 Å². The van der Waals surface area contributed by atoms with Crippen molar-refractivity contribution in [3.63, 3.8) is 0 Å². The van der Waals surface area contributed by atoms with Gasteiger partial charge in [0.05, 0.1) is 0 Å². The van der Waals surface area contributed by atoms with Crippen molar-refractivity contribution in [2.75, 3.05) is 13.1 Å². The van der Waals surface area contributed by atoms with Gasteiger partial charge in [0.25, 0.3) is 0 Å². The molecule has 0 bridgehead atoms. The highest BCUT2D eigenvalue weighted by molar-refractivity contribution is 4.93. The molecule has 2 aliphatic rings. The first-order valence-electron chi connectivity index (χ1n) is 7.14. The van der Waals surface area contributed by atoms with Crippen molar-refractivity contribution < 1.29 is 0 Å². The van der Waals surface area contributed by atoms with Crippen LogP contribution in [0.4, 0.5) is 0 Å². The third kappa shape index (κ3) is 2.78. The molecule has 1 aliphatic heterocycles. The summed E-state index contributed by atoms with van der Waals surface area (Å²) in [5.41, 5.74) is 6.68. The van der Waals surface area contributed by atoms with Crippen molar-refractivity contribution in [3.05, 3.63) is 0 Å². The molecule has 2 N–H and O–H groups in total. The minimum atomic E-state index is 0.129. The van der Waals surface area contributed by atoms with Gasteiger partial charge in [-0.3, -0.25) is 4.90 Å². The minimum Gasteiger partial charge on any atom is -0.324 e. The van der Waals surface area contributed by atoms with Gasteiger partial charge in [0.1, 0.15) is 0 Å². The molecule has 1 saturated carbocycles. The molecule has 2 atom stereocenters. The molecule has 1 heterocycles. The summed E-state index contributed by atoms with van der Waals surface area (Å²) in [5, 5.41) is 0. The molecule has 2 fully saturated rings. The topological polar surface area (TPSA) is 29.3 Å². The summed E-state index contributed by atoms with van der Waals surface area (Å²) < 4.78 is 0. The van der Waals surface area contributed by atoms with E-state index >= 15 is 0 Å². The summed E-state index contributed by atoms with van der Waals surface area (Å²) in [7, 11) is 0. The van der Waals surface area contributed by atoms with E-state index in [1.807, 2.05) is 0 Å². The molecule has 1 saturated heterocycles. The standard InChI is InChI=1S/C14H28N2/c1-12-7-6-10-16(13(12)2)11-14(15)8-4-3-5-9-14/h12-13H,3-11,15H2,1-2H3. The van der Waals surface area contributed by atoms with Crippen LogP contribution in [0, 0.1) is 5.92 Å². The van der Waals surface area contributed by atoms with Crippen LogP contribution in [-0.2, 0) is 0 Å². The molecule has 0 radical (unpaired) electrons. The fourth-order valence-corrected chi connectivity index (χ4v) is 3.46. The monoisotopic (exact) mass is 224 g/mol. The quantitative estimate of drug-likeness (QED) is 0.781. The number of hydrogen-bond acceptors (Lipinski definition) is 2. The molecule has 2 nitrogen and oxygen atoms in total. The summed E-state index contributed by atoms with van der Waals surface area (Å²) >= 11 is 0. The molecule has 0 amide bonds. The van der Waals surface area contributed by atoms with Crippen molar-refractivity contribution in [2.24, 2.45) is 11.7 Å². The highest BCUT2D eigenvalue weighted by Gasteiger charge is 2.33. The fourth-order valence-electron chi connectivity index (χ4n) is 3.46. The second-order valence-electron chi connectivity index (χ2n) is 6.25. The predicted molar refractivity (Wildman–Crippen MR) is 69.4 cm³/mol. The number of piperidine rings is 1. The number of likely N-dealkylation sites (tertiary alicyclic amines) is 1. The maximum atomic E-state index is 6.56. The molecule has 2 rings (SSSR count). The Morgan fingerprint density at radius 1 is 1.12 bits per heavy atom. The number of nitrogens with zero attached hydrogens (tertiary/aromatic N) is 1. The third-order valence-electron chi connectivity index (χ3n) is 4.87. The van der Waals surface area contributed by atoms with Crippen LogP contribution >= 0.6 is 0 Å². The average molecular weight is 224 g/mol. The van der Waals surface area contributed by atoms with Crippen LogP contribution in [0.2, 0.25) is 0 Å². The first-order valence-corrected chi connectivity index (χ1v) is 7.14. The lowest BCUT2D eigenvalue weighted by Gasteiger charge is -2.44. The van der Waals surface area contributed by atoms with Gasteiger partial charge in [-0.1, -0.05) is 26.2 Å². The van der Waals surface area contributed by atoms with Gasteiger partial charge in [0, 0.05) is 18.1 Å². The van der Waals surface area contributed by atoms with E-state index in [2.05, 4.69) is 18.7 Å². The number of hydrogen-bond donors (Lipinski definition) is 1. The van der Waals surface area contributed by atoms with Gasteiger partial charge in [-0.2, -0.15) is 0 Å². The normalized spacial score (nSPS) is 36.2. The smallest absolute Gasteiger partial charge is 0.0283 e. The Morgan fingerprint density at radius 3 is 2.50 bits per heavy atom. The molecule has 0 aromatic carbocycles. The Kier molecular flexibility index (Phi) is 3.91. The largest absolute Gasteiger partial charge is 0.324 e. The van der Waals surface area contributed by atoms with E-state index in [0.29, 0.717) is 0 Å². The Hall–Kier alpha value is -0.0800. The summed E-state index contributed by atoms with van der Waals surface area (Å²) in [6, 6.07) is 0.733. The van der Waals surface area contributed by atoms with Crippen molar-refractivity contribution in [1.82, 2.24) is 4.90 Å². The van der Waals surface area contributed by atoms with Gasteiger partial charge < -0.3 is 5.73 Å². The molecular formula is C14H28N2. The van der Waals surface area contributed by atoms with Crippen molar-refractivity contribution in [1.29, 1.82) is 0 Å². The second kappa shape index (κ2) is 5.05. The lowest BCUT2D eigenvalue weighted by molar-refractivity contribution is 0.0755. The van der Waals surface area contributed by atoms with Crippen LogP contribution < -0.4 is 5.73 Å². The van der Waals surface area contributed by atoms with Gasteiger partial charge in [-0.05, 0) is 45.1 Å². The van der Waals surface area contributed by atoms with E-state index < -0.39 is 0 Å². The van der Waals surface area contributed by atoms with Gasteiger partial charge in [0.2, 0.25) is 0 Å². The summed E-state index contributed by atoms with van der Waals surface area (Å²) in [5.74, 6) is 0.848. The molecule has 94 valence electrons. The molecular weight excluding hydrogens is 196 g/mol. The lowest BCUT2D eigenvalue weighted by Crippen LogP contribution is -2.55. The molecule has 0 spiro atoms. The molecule has 0 aromatic heterocycles. The van der Waals surface area contributed by atoms with E-state index in [0.717, 1.165) is 18.5 Å². The highest BCUT2D eigenvalue weighted by atomic mass is 15.2. The SMILES string of the molecule is CC1CCCN(CC2(N)CCCCC2)C1C. The Balaban J connectivity index is 1.92. The van der Waals surface area contributed by atoms with E-state index in [1.54, 1.807) is 0 Å². The van der Waals surface area contributed by atoms with E-state index in [4.69, 9.17) is 5.73 Å². The maximum Gasteiger partial charge on any atom is 0.0283 e. The molecule has 2 heteroatoms. The zero-order chi connectivity index (χ0) is 11.6. The Bertz CT molecular complexity index is 221. The molecule has 16 heavy (non-hydrogen) atoms. The zero-order valence-corrected chi connectivity index (χ0v) is 11.0. The van der Waals surface area contributed by atoms with Gasteiger partial charge in [0.15, 0.2) is 0 Å². The first-order chi connectivity index (χ1) is 7.61. The lowest BCUT2D eigenvalue weighted by atomic mass is 9.81. The average Bonchev–Trinajstić information content (AvgIpc) is 2.26.